The zero-order valence-electron chi connectivity index (χ0n) is 8.55. The van der Waals surface area contributed by atoms with Gasteiger partial charge in [-0.1, -0.05) is 0 Å². The van der Waals surface area contributed by atoms with Crippen molar-refractivity contribution < 1.29 is 31.8 Å². The lowest BCUT2D eigenvalue weighted by atomic mass is 10.1. The molecule has 1 rings (SSSR count). The molecule has 0 aromatic carbocycles. The Balaban J connectivity index is 3.29. The van der Waals surface area contributed by atoms with Gasteiger partial charge in [-0.3, -0.25) is 4.79 Å². The summed E-state index contributed by atoms with van der Waals surface area (Å²) in [5.41, 5.74) is -0.878. The number of carbonyl (C=O) groups excluding carboxylic acids is 1. The zero-order valence-corrected chi connectivity index (χ0v) is 8.55. The van der Waals surface area contributed by atoms with E-state index >= 15 is 0 Å². The lowest BCUT2D eigenvalue weighted by Crippen LogP contribution is -2.19. The second kappa shape index (κ2) is 4.98. The van der Waals surface area contributed by atoms with E-state index in [1.165, 1.54) is 0 Å². The molecule has 4 nitrogen and oxygen atoms in total. The topological polar surface area (TPSA) is 48.4 Å². The largest absolute Gasteiger partial charge is 0.574 e. The first kappa shape index (κ1) is 13.2. The number of halogens is 4. The average Bonchev–Trinajstić information content (AvgIpc) is 2.25. The van der Waals surface area contributed by atoms with Crippen molar-refractivity contribution in [3.05, 3.63) is 17.2 Å². The maximum Gasteiger partial charge on any atom is 0.574 e. The predicted molar refractivity (Wildman–Crippen MR) is 47.7 cm³/mol. The molecular weight excluding hydrogens is 246 g/mol. The van der Waals surface area contributed by atoms with Gasteiger partial charge in [0.25, 0.3) is 0 Å². The van der Waals surface area contributed by atoms with Crippen LogP contribution in [0.15, 0.2) is 6.07 Å². The Labute approximate surface area is 93.2 Å². The van der Waals surface area contributed by atoms with Gasteiger partial charge in [-0.05, 0) is 0 Å². The maximum atomic E-state index is 12.6. The normalized spacial score (nSPS) is 11.1. The Morgan fingerprint density at radius 2 is 2.12 bits per heavy atom. The molecule has 0 N–H and O–H groups in total. The third kappa shape index (κ3) is 3.30. The van der Waals surface area contributed by atoms with Gasteiger partial charge >= 0.3 is 6.36 Å². The fourth-order valence-corrected chi connectivity index (χ4v) is 1.08. The first-order chi connectivity index (χ1) is 7.91. The average molecular weight is 253 g/mol. The molecule has 0 atom stereocenters. The van der Waals surface area contributed by atoms with Crippen LogP contribution in [-0.2, 0) is 6.67 Å². The molecule has 94 valence electrons. The Kier molecular flexibility index (Phi) is 3.87. The monoisotopic (exact) mass is 253 g/mol. The highest BCUT2D eigenvalue weighted by Crippen LogP contribution is 2.29. The van der Waals surface area contributed by atoms with Crippen molar-refractivity contribution in [1.29, 1.82) is 0 Å². The molecule has 0 aliphatic carbocycles. The van der Waals surface area contributed by atoms with E-state index in [-0.39, 0.29) is 17.7 Å². The fraction of sp³-hybridized carbons (Fsp3) is 0.333. The van der Waals surface area contributed by atoms with Gasteiger partial charge in [0.05, 0.1) is 12.7 Å². The Morgan fingerprint density at radius 1 is 1.47 bits per heavy atom. The molecule has 0 radical (unpaired) electrons. The molecule has 17 heavy (non-hydrogen) atoms. The number of aromatic nitrogens is 1. The van der Waals surface area contributed by atoms with Crippen molar-refractivity contribution in [2.75, 3.05) is 7.11 Å². The standard InChI is InChI=1S/C9H7F4NO3/c1-16-7-2-5(4-15)6(3-10)8(14-7)17-9(11,12)13/h2,4H,3H2,1H3. The number of methoxy groups -OCH3 is 1. The second-order valence-electron chi connectivity index (χ2n) is 2.84. The SMILES string of the molecule is COc1cc(C=O)c(CF)c(OC(F)(F)F)n1. The van der Waals surface area contributed by atoms with E-state index in [4.69, 9.17) is 0 Å². The van der Waals surface area contributed by atoms with Gasteiger partial charge in [-0.25, -0.2) is 4.39 Å². The minimum Gasteiger partial charge on any atom is -0.481 e. The van der Waals surface area contributed by atoms with Crippen molar-refractivity contribution in [1.82, 2.24) is 4.98 Å². The van der Waals surface area contributed by atoms with Crippen LogP contribution in [0.3, 0.4) is 0 Å². The van der Waals surface area contributed by atoms with Gasteiger partial charge in [0.1, 0.15) is 6.67 Å². The first-order valence-corrected chi connectivity index (χ1v) is 4.26. The van der Waals surface area contributed by atoms with Crippen LogP contribution in [0, 0.1) is 0 Å². The minimum absolute atomic E-state index is 0.197. The lowest BCUT2D eigenvalue weighted by Gasteiger charge is -2.13. The van der Waals surface area contributed by atoms with Crippen molar-refractivity contribution in [3.63, 3.8) is 0 Å². The Morgan fingerprint density at radius 3 is 2.53 bits per heavy atom. The molecule has 0 aliphatic rings. The van der Waals surface area contributed by atoms with Crippen LogP contribution in [-0.4, -0.2) is 24.7 Å². The quantitative estimate of drug-likeness (QED) is 0.610. The van der Waals surface area contributed by atoms with Crippen LogP contribution in [0.5, 0.6) is 11.8 Å². The van der Waals surface area contributed by atoms with Gasteiger partial charge in [0.2, 0.25) is 11.8 Å². The maximum absolute atomic E-state index is 12.6. The third-order valence-electron chi connectivity index (χ3n) is 1.78. The molecule has 0 amide bonds. The molecule has 1 heterocycles. The van der Waals surface area contributed by atoms with Crippen molar-refractivity contribution in [2.45, 2.75) is 13.0 Å². The van der Waals surface area contributed by atoms with Gasteiger partial charge in [0.15, 0.2) is 6.29 Å². The molecule has 0 saturated carbocycles. The van der Waals surface area contributed by atoms with Crippen LogP contribution in [0.1, 0.15) is 15.9 Å². The van der Waals surface area contributed by atoms with E-state index in [1.807, 2.05) is 0 Å². The van der Waals surface area contributed by atoms with Crippen LogP contribution in [0.4, 0.5) is 17.6 Å². The summed E-state index contributed by atoms with van der Waals surface area (Å²) in [5, 5.41) is 0. The van der Waals surface area contributed by atoms with E-state index in [1.54, 1.807) is 0 Å². The summed E-state index contributed by atoms with van der Waals surface area (Å²) in [7, 11) is 1.14. The van der Waals surface area contributed by atoms with E-state index in [0.717, 1.165) is 13.2 Å². The summed E-state index contributed by atoms with van der Waals surface area (Å²) in [6, 6.07) is 1.02. The lowest BCUT2D eigenvalue weighted by molar-refractivity contribution is -0.276. The second-order valence-corrected chi connectivity index (χ2v) is 2.84. The predicted octanol–water partition coefficient (Wildman–Crippen LogP) is 2.27. The molecule has 0 saturated heterocycles. The molecule has 1 aromatic rings. The molecule has 0 bridgehead atoms. The summed E-state index contributed by atoms with van der Waals surface area (Å²) in [6.45, 7) is -1.31. The summed E-state index contributed by atoms with van der Waals surface area (Å²) in [4.78, 5) is 13.9. The van der Waals surface area contributed by atoms with E-state index in [9.17, 15) is 22.4 Å². The van der Waals surface area contributed by atoms with E-state index in [0.29, 0.717) is 0 Å². The number of nitrogens with zero attached hydrogens (tertiary/aromatic N) is 1. The first-order valence-electron chi connectivity index (χ1n) is 4.26. The number of rotatable bonds is 4. The Hall–Kier alpha value is -1.86. The van der Waals surface area contributed by atoms with Gasteiger partial charge in [-0.2, -0.15) is 4.98 Å². The van der Waals surface area contributed by atoms with Crippen molar-refractivity contribution in [3.8, 4) is 11.8 Å². The molecule has 0 fully saturated rings. The highest BCUT2D eigenvalue weighted by Gasteiger charge is 2.33. The van der Waals surface area contributed by atoms with E-state index in [2.05, 4.69) is 14.5 Å². The number of ether oxygens (including phenoxy) is 2. The van der Waals surface area contributed by atoms with E-state index < -0.39 is 24.5 Å². The zero-order chi connectivity index (χ0) is 13.1. The molecular formula is C9H7F4NO3. The summed E-state index contributed by atoms with van der Waals surface area (Å²) in [6.07, 6.45) is -4.83. The number of pyridine rings is 1. The van der Waals surface area contributed by atoms with Crippen molar-refractivity contribution in [2.24, 2.45) is 0 Å². The number of carbonyl (C=O) groups is 1. The highest BCUT2D eigenvalue weighted by atomic mass is 19.4. The van der Waals surface area contributed by atoms with Gasteiger partial charge < -0.3 is 9.47 Å². The molecule has 0 unspecified atom stereocenters. The van der Waals surface area contributed by atoms with Gasteiger partial charge in [-0.15, -0.1) is 13.2 Å². The van der Waals surface area contributed by atoms with Crippen molar-refractivity contribution >= 4 is 6.29 Å². The van der Waals surface area contributed by atoms with Crippen LogP contribution >= 0.6 is 0 Å². The highest BCUT2D eigenvalue weighted by molar-refractivity contribution is 5.78. The van der Waals surface area contributed by atoms with Gasteiger partial charge in [0, 0.05) is 11.6 Å². The minimum atomic E-state index is -5.02. The molecule has 0 spiro atoms. The smallest absolute Gasteiger partial charge is 0.481 e. The summed E-state index contributed by atoms with van der Waals surface area (Å²) >= 11 is 0. The van der Waals surface area contributed by atoms with Crippen LogP contribution < -0.4 is 9.47 Å². The molecule has 8 heteroatoms. The number of hydrogen-bond acceptors (Lipinski definition) is 4. The Bertz CT molecular complexity index is 419. The third-order valence-corrected chi connectivity index (χ3v) is 1.78. The summed E-state index contributed by atoms with van der Waals surface area (Å²) < 4.78 is 56.7. The number of alkyl halides is 4. The van der Waals surface area contributed by atoms with Crippen LogP contribution in [0.25, 0.3) is 0 Å². The number of aldehydes is 1. The number of hydrogen-bond donors (Lipinski definition) is 0. The molecule has 1 aromatic heterocycles. The molecule has 0 aliphatic heterocycles. The summed E-state index contributed by atoms with van der Waals surface area (Å²) in [5.74, 6) is -1.30. The fourth-order valence-electron chi connectivity index (χ4n) is 1.08. The van der Waals surface area contributed by atoms with Crippen LogP contribution in [0.2, 0.25) is 0 Å².